The monoisotopic (exact) mass is 307 g/mol. The molecule has 0 spiro atoms. The molecule has 22 heavy (non-hydrogen) atoms. The average molecular weight is 307 g/mol. The van der Waals surface area contributed by atoms with Crippen molar-refractivity contribution in [2.24, 2.45) is 0 Å². The highest BCUT2D eigenvalue weighted by Crippen LogP contribution is 2.35. The molecule has 1 atom stereocenters. The van der Waals surface area contributed by atoms with Gasteiger partial charge in [0.2, 0.25) is 5.91 Å². The van der Waals surface area contributed by atoms with Crippen molar-refractivity contribution in [3.05, 3.63) is 35.9 Å². The second kappa shape index (κ2) is 6.46. The number of aliphatic hydroxyl groups is 1. The van der Waals surface area contributed by atoms with Crippen molar-refractivity contribution in [3.63, 3.8) is 0 Å². The maximum atomic E-state index is 12.7. The molecule has 6 heteroatoms. The number of hydrogen-bond acceptors (Lipinski definition) is 4. The lowest BCUT2D eigenvalue weighted by molar-refractivity contribution is -0.156. The van der Waals surface area contributed by atoms with Crippen LogP contribution in [0.4, 0.5) is 0 Å². The van der Waals surface area contributed by atoms with Gasteiger partial charge in [-0.1, -0.05) is 30.3 Å². The molecule has 0 aromatic heterocycles. The molecule has 1 amide bonds. The van der Waals surface area contributed by atoms with Crippen molar-refractivity contribution in [1.82, 2.24) is 5.32 Å². The van der Waals surface area contributed by atoms with Gasteiger partial charge in [-0.3, -0.25) is 4.79 Å². The van der Waals surface area contributed by atoms with Gasteiger partial charge in [-0.15, -0.1) is 0 Å². The molecule has 0 saturated carbocycles. The Hall–Kier alpha value is -1.92. The maximum Gasteiger partial charge on any atom is 0.337 e. The quantitative estimate of drug-likeness (QED) is 0.744. The average Bonchev–Trinajstić information content (AvgIpc) is 2.54. The lowest BCUT2D eigenvalue weighted by atomic mass is 9.73. The number of carbonyl (C=O) groups is 2. The number of nitrogens with one attached hydrogen (secondary N) is 1. The zero-order valence-electron chi connectivity index (χ0n) is 12.5. The van der Waals surface area contributed by atoms with Crippen LogP contribution in [-0.2, 0) is 19.7 Å². The minimum absolute atomic E-state index is 0.275. The van der Waals surface area contributed by atoms with E-state index < -0.39 is 17.0 Å². The van der Waals surface area contributed by atoms with Crippen LogP contribution in [-0.4, -0.2) is 47.4 Å². The molecule has 6 nitrogen and oxygen atoms in total. The Morgan fingerprint density at radius 3 is 2.41 bits per heavy atom. The fourth-order valence-corrected chi connectivity index (χ4v) is 2.62. The van der Waals surface area contributed by atoms with Crippen LogP contribution in [0.25, 0.3) is 0 Å². The van der Waals surface area contributed by atoms with Gasteiger partial charge in [0, 0.05) is 13.2 Å². The predicted octanol–water partition coefficient (Wildman–Crippen LogP) is 0.687. The lowest BCUT2D eigenvalue weighted by Gasteiger charge is -2.36. The topological polar surface area (TPSA) is 95.9 Å². The zero-order chi connectivity index (χ0) is 16.2. The standard InChI is InChI=1S/C16H21NO5/c1-15(21,14(19)20)11-17-13(18)16(7-9-22-10-8-16)12-5-3-2-4-6-12/h2-6,21H,7-11H2,1H3,(H,17,18)(H,19,20). The lowest BCUT2D eigenvalue weighted by Crippen LogP contribution is -2.53. The molecule has 2 rings (SSSR count). The van der Waals surface area contributed by atoms with Crippen molar-refractivity contribution < 1.29 is 24.5 Å². The van der Waals surface area contributed by atoms with Crippen LogP contribution in [0.2, 0.25) is 0 Å². The van der Waals surface area contributed by atoms with Crippen LogP contribution >= 0.6 is 0 Å². The van der Waals surface area contributed by atoms with E-state index in [4.69, 9.17) is 9.84 Å². The molecule has 1 heterocycles. The number of aliphatic carboxylic acids is 1. The van der Waals surface area contributed by atoms with E-state index in [1.54, 1.807) is 0 Å². The number of hydrogen-bond donors (Lipinski definition) is 3. The van der Waals surface area contributed by atoms with Gasteiger partial charge in [0.1, 0.15) is 0 Å². The molecule has 1 aliphatic heterocycles. The summed E-state index contributed by atoms with van der Waals surface area (Å²) in [6.07, 6.45) is 1.05. The Kier molecular flexibility index (Phi) is 4.83. The number of carboxylic acids is 1. The molecule has 3 N–H and O–H groups in total. The first-order valence-corrected chi connectivity index (χ1v) is 7.26. The molecule has 0 aliphatic carbocycles. The minimum Gasteiger partial charge on any atom is -0.479 e. The summed E-state index contributed by atoms with van der Waals surface area (Å²) in [5.74, 6) is -1.64. The van der Waals surface area contributed by atoms with Gasteiger partial charge in [0.25, 0.3) is 0 Å². The third kappa shape index (κ3) is 3.28. The van der Waals surface area contributed by atoms with Gasteiger partial charge in [-0.05, 0) is 25.3 Å². The minimum atomic E-state index is -1.99. The fourth-order valence-electron chi connectivity index (χ4n) is 2.62. The maximum absolute atomic E-state index is 12.7. The van der Waals surface area contributed by atoms with Crippen LogP contribution in [0.5, 0.6) is 0 Å². The van der Waals surface area contributed by atoms with E-state index in [0.29, 0.717) is 26.1 Å². The van der Waals surface area contributed by atoms with Gasteiger partial charge < -0.3 is 20.3 Å². The summed E-state index contributed by atoms with van der Waals surface area (Å²) in [7, 11) is 0. The first-order chi connectivity index (χ1) is 10.4. The summed E-state index contributed by atoms with van der Waals surface area (Å²) in [6.45, 7) is 1.76. The third-order valence-electron chi connectivity index (χ3n) is 4.16. The molecule has 0 bridgehead atoms. The third-order valence-corrected chi connectivity index (χ3v) is 4.16. The Morgan fingerprint density at radius 1 is 1.27 bits per heavy atom. The summed E-state index contributed by atoms with van der Waals surface area (Å²) in [5, 5.41) is 21.3. The van der Waals surface area contributed by atoms with Crippen molar-refractivity contribution in [2.75, 3.05) is 19.8 Å². The summed E-state index contributed by atoms with van der Waals surface area (Å²) in [5.41, 5.74) is -1.85. The van der Waals surface area contributed by atoms with E-state index in [-0.39, 0.29) is 12.5 Å². The molecule has 1 fully saturated rings. The van der Waals surface area contributed by atoms with E-state index in [1.165, 1.54) is 0 Å². The first-order valence-electron chi connectivity index (χ1n) is 7.26. The molecule has 1 aliphatic rings. The summed E-state index contributed by atoms with van der Waals surface area (Å²) in [4.78, 5) is 23.7. The Bertz CT molecular complexity index is 535. The summed E-state index contributed by atoms with van der Waals surface area (Å²) >= 11 is 0. The van der Waals surface area contributed by atoms with Crippen molar-refractivity contribution in [3.8, 4) is 0 Å². The van der Waals surface area contributed by atoms with Crippen LogP contribution in [0, 0.1) is 0 Å². The van der Waals surface area contributed by atoms with Gasteiger partial charge in [0.05, 0.1) is 12.0 Å². The van der Waals surface area contributed by atoms with Crippen LogP contribution < -0.4 is 5.32 Å². The fraction of sp³-hybridized carbons (Fsp3) is 0.500. The number of benzene rings is 1. The van der Waals surface area contributed by atoms with E-state index >= 15 is 0 Å². The highest BCUT2D eigenvalue weighted by molar-refractivity contribution is 5.89. The van der Waals surface area contributed by atoms with E-state index in [2.05, 4.69) is 5.32 Å². The molecule has 120 valence electrons. The van der Waals surface area contributed by atoms with E-state index in [1.807, 2.05) is 30.3 Å². The van der Waals surface area contributed by atoms with Crippen molar-refractivity contribution >= 4 is 11.9 Å². The van der Waals surface area contributed by atoms with E-state index in [9.17, 15) is 14.7 Å². The number of amides is 1. The summed E-state index contributed by atoms with van der Waals surface area (Å²) in [6, 6.07) is 9.39. The predicted molar refractivity (Wildman–Crippen MR) is 79.4 cm³/mol. The Balaban J connectivity index is 2.19. The van der Waals surface area contributed by atoms with Gasteiger partial charge in [-0.25, -0.2) is 4.79 Å². The second-order valence-electron chi connectivity index (χ2n) is 5.82. The number of rotatable bonds is 5. The molecule has 1 aromatic rings. The molecule has 0 radical (unpaired) electrons. The smallest absolute Gasteiger partial charge is 0.337 e. The van der Waals surface area contributed by atoms with Gasteiger partial charge in [-0.2, -0.15) is 0 Å². The highest BCUT2D eigenvalue weighted by Gasteiger charge is 2.42. The SMILES string of the molecule is CC(O)(CNC(=O)C1(c2ccccc2)CCOCC1)C(=O)O. The molecule has 1 saturated heterocycles. The van der Waals surface area contributed by atoms with Gasteiger partial charge >= 0.3 is 5.97 Å². The number of ether oxygens (including phenoxy) is 1. The Labute approximate surface area is 129 Å². The normalized spacial score (nSPS) is 19.9. The molecule has 1 aromatic carbocycles. The summed E-state index contributed by atoms with van der Waals surface area (Å²) < 4.78 is 5.36. The second-order valence-corrected chi connectivity index (χ2v) is 5.82. The molecular formula is C16H21NO5. The van der Waals surface area contributed by atoms with Crippen molar-refractivity contribution in [1.29, 1.82) is 0 Å². The first kappa shape index (κ1) is 16.5. The van der Waals surface area contributed by atoms with Crippen LogP contribution in [0.3, 0.4) is 0 Å². The largest absolute Gasteiger partial charge is 0.479 e. The molecular weight excluding hydrogens is 286 g/mol. The van der Waals surface area contributed by atoms with Crippen molar-refractivity contribution in [2.45, 2.75) is 30.8 Å². The zero-order valence-corrected chi connectivity index (χ0v) is 12.5. The van der Waals surface area contributed by atoms with E-state index in [0.717, 1.165) is 12.5 Å². The number of carbonyl (C=O) groups excluding carboxylic acids is 1. The Morgan fingerprint density at radius 2 is 1.86 bits per heavy atom. The number of carboxylic acid groups (broad SMARTS) is 1. The van der Waals surface area contributed by atoms with Crippen LogP contribution in [0.15, 0.2) is 30.3 Å². The van der Waals surface area contributed by atoms with Gasteiger partial charge in [0.15, 0.2) is 5.60 Å². The highest BCUT2D eigenvalue weighted by atomic mass is 16.5. The molecule has 1 unspecified atom stereocenters. The van der Waals surface area contributed by atoms with Crippen LogP contribution in [0.1, 0.15) is 25.3 Å².